The Hall–Kier alpha value is -2.24. The molecule has 2 aromatic carbocycles. The number of rotatable bonds is 8. The Balaban J connectivity index is 2.21. The second-order valence-electron chi connectivity index (χ2n) is 6.85. The highest BCUT2D eigenvalue weighted by molar-refractivity contribution is 6.32. The van der Waals surface area contributed by atoms with E-state index in [4.69, 9.17) is 27.9 Å². The van der Waals surface area contributed by atoms with E-state index >= 15 is 0 Å². The molecule has 0 aliphatic heterocycles. The summed E-state index contributed by atoms with van der Waals surface area (Å²) in [5.74, 6) is 0.0748. The molecule has 1 atom stereocenters. The number of nitrogens with zero attached hydrogens (tertiary/aromatic N) is 1. The third-order valence-corrected chi connectivity index (χ3v) is 5.52. The van der Waals surface area contributed by atoms with E-state index in [0.717, 1.165) is 16.7 Å². The summed E-state index contributed by atoms with van der Waals surface area (Å²) in [4.78, 5) is 26.9. The van der Waals surface area contributed by atoms with Gasteiger partial charge in [0.05, 0.1) is 0 Å². The lowest BCUT2D eigenvalue weighted by Crippen LogP contribution is -2.49. The third kappa shape index (κ3) is 6.12. The molecule has 29 heavy (non-hydrogen) atoms. The molecule has 0 radical (unpaired) electrons. The number of amides is 2. The zero-order valence-electron chi connectivity index (χ0n) is 17.1. The minimum atomic E-state index is -0.597. The van der Waals surface area contributed by atoms with Gasteiger partial charge < -0.3 is 15.0 Å². The van der Waals surface area contributed by atoms with E-state index in [1.54, 1.807) is 31.3 Å². The first-order valence-corrected chi connectivity index (χ1v) is 10.2. The number of likely N-dealkylation sites (N-methyl/N-ethyl adjacent to an activating group) is 1. The largest absolute Gasteiger partial charge is 0.484 e. The number of ether oxygens (including phenoxy) is 1. The van der Waals surface area contributed by atoms with Crippen LogP contribution in [0.1, 0.15) is 30.0 Å². The van der Waals surface area contributed by atoms with Crippen LogP contribution in [-0.4, -0.2) is 36.4 Å². The predicted molar refractivity (Wildman–Crippen MR) is 117 cm³/mol. The van der Waals surface area contributed by atoms with Crippen LogP contribution in [0.2, 0.25) is 10.0 Å². The van der Waals surface area contributed by atoms with Crippen molar-refractivity contribution in [1.29, 1.82) is 0 Å². The minimum Gasteiger partial charge on any atom is -0.484 e. The average molecular weight is 437 g/mol. The zero-order chi connectivity index (χ0) is 21.6. The van der Waals surface area contributed by atoms with E-state index in [1.807, 2.05) is 32.9 Å². The molecule has 0 heterocycles. The van der Waals surface area contributed by atoms with Gasteiger partial charge in [0.15, 0.2) is 6.61 Å². The molecule has 156 valence electrons. The molecule has 0 unspecified atom stereocenters. The molecule has 0 aliphatic carbocycles. The van der Waals surface area contributed by atoms with Crippen molar-refractivity contribution in [3.8, 4) is 5.75 Å². The van der Waals surface area contributed by atoms with Crippen molar-refractivity contribution >= 4 is 35.0 Å². The fourth-order valence-corrected chi connectivity index (χ4v) is 3.33. The van der Waals surface area contributed by atoms with Crippen LogP contribution < -0.4 is 10.1 Å². The number of carbonyl (C=O) groups is 2. The number of halogens is 2. The Morgan fingerprint density at radius 3 is 2.21 bits per heavy atom. The molecule has 1 N–H and O–H groups in total. The van der Waals surface area contributed by atoms with Gasteiger partial charge in [-0.1, -0.05) is 42.3 Å². The summed E-state index contributed by atoms with van der Waals surface area (Å²) in [7, 11) is 1.56. The predicted octanol–water partition coefficient (Wildman–Crippen LogP) is 4.54. The number of benzene rings is 2. The van der Waals surface area contributed by atoms with Crippen LogP contribution in [0.25, 0.3) is 0 Å². The summed E-state index contributed by atoms with van der Waals surface area (Å²) in [6.45, 7) is 5.74. The van der Waals surface area contributed by atoms with Gasteiger partial charge in [0.25, 0.3) is 5.91 Å². The smallest absolute Gasteiger partial charge is 0.261 e. The van der Waals surface area contributed by atoms with E-state index in [-0.39, 0.29) is 25.0 Å². The monoisotopic (exact) mass is 436 g/mol. The Labute approximate surface area is 181 Å². The summed E-state index contributed by atoms with van der Waals surface area (Å²) in [6.07, 6.45) is 0.484. The maximum Gasteiger partial charge on any atom is 0.261 e. The van der Waals surface area contributed by atoms with Gasteiger partial charge in [0.1, 0.15) is 11.8 Å². The molecule has 0 aliphatic rings. The number of nitrogens with one attached hydrogen (secondary N) is 1. The number of hydrogen-bond acceptors (Lipinski definition) is 3. The third-order valence-electron chi connectivity index (χ3n) is 4.67. The normalized spacial score (nSPS) is 11.7. The van der Waals surface area contributed by atoms with Crippen LogP contribution >= 0.6 is 23.2 Å². The molecule has 0 bridgehead atoms. The van der Waals surface area contributed by atoms with Crippen LogP contribution in [0.5, 0.6) is 5.75 Å². The molecule has 0 spiro atoms. The minimum absolute atomic E-state index is 0.179. The number of aryl methyl sites for hydroxylation is 2. The lowest BCUT2D eigenvalue weighted by Gasteiger charge is -2.30. The van der Waals surface area contributed by atoms with Crippen molar-refractivity contribution < 1.29 is 14.3 Å². The number of hydrogen-bond donors (Lipinski definition) is 1. The Kier molecular flexibility index (Phi) is 8.35. The summed E-state index contributed by atoms with van der Waals surface area (Å²) in [5, 5.41) is 3.92. The standard InChI is InChI=1S/C22H26Cl2N2O3/c1-5-19(22(28)25-4)26(12-16-6-8-17(23)9-7-16)20(27)13-29-18-10-14(2)21(24)15(3)11-18/h6-11,19H,5,12-13H2,1-4H3,(H,25,28)/t19-/m1/s1. The summed E-state index contributed by atoms with van der Waals surface area (Å²) in [6, 6.07) is 10.2. The van der Waals surface area contributed by atoms with E-state index in [1.165, 1.54) is 4.90 Å². The molecule has 5 nitrogen and oxygen atoms in total. The van der Waals surface area contributed by atoms with Gasteiger partial charge in [-0.05, 0) is 61.2 Å². The van der Waals surface area contributed by atoms with Gasteiger partial charge in [0, 0.05) is 23.6 Å². The van der Waals surface area contributed by atoms with Crippen LogP contribution in [0.4, 0.5) is 0 Å². The van der Waals surface area contributed by atoms with E-state index in [2.05, 4.69) is 5.32 Å². The fourth-order valence-electron chi connectivity index (χ4n) is 3.09. The van der Waals surface area contributed by atoms with Crippen molar-refractivity contribution in [2.75, 3.05) is 13.7 Å². The Bertz CT molecular complexity index is 846. The lowest BCUT2D eigenvalue weighted by atomic mass is 10.1. The lowest BCUT2D eigenvalue weighted by molar-refractivity contribution is -0.142. The van der Waals surface area contributed by atoms with Crippen molar-refractivity contribution in [2.24, 2.45) is 0 Å². The molecule has 2 amide bonds. The Morgan fingerprint density at radius 1 is 1.10 bits per heavy atom. The quantitative estimate of drug-likeness (QED) is 0.660. The van der Waals surface area contributed by atoms with E-state index < -0.39 is 6.04 Å². The summed E-state index contributed by atoms with van der Waals surface area (Å²) < 4.78 is 5.73. The highest BCUT2D eigenvalue weighted by Crippen LogP contribution is 2.26. The first-order valence-electron chi connectivity index (χ1n) is 9.41. The highest BCUT2D eigenvalue weighted by Gasteiger charge is 2.28. The first-order chi connectivity index (χ1) is 13.8. The van der Waals surface area contributed by atoms with Crippen LogP contribution in [0.3, 0.4) is 0 Å². The number of carbonyl (C=O) groups excluding carboxylic acids is 2. The van der Waals surface area contributed by atoms with Gasteiger partial charge >= 0.3 is 0 Å². The van der Waals surface area contributed by atoms with E-state index in [0.29, 0.717) is 22.2 Å². The van der Waals surface area contributed by atoms with Crippen LogP contribution in [0, 0.1) is 13.8 Å². The molecular formula is C22H26Cl2N2O3. The summed E-state index contributed by atoms with van der Waals surface area (Å²) in [5.41, 5.74) is 2.64. The van der Waals surface area contributed by atoms with Gasteiger partial charge in [-0.15, -0.1) is 0 Å². The van der Waals surface area contributed by atoms with E-state index in [9.17, 15) is 9.59 Å². The van der Waals surface area contributed by atoms with Crippen molar-refractivity contribution in [3.05, 3.63) is 63.1 Å². The average Bonchev–Trinajstić information content (AvgIpc) is 2.71. The molecular weight excluding hydrogens is 411 g/mol. The first kappa shape index (κ1) is 23.0. The maximum absolute atomic E-state index is 13.0. The zero-order valence-corrected chi connectivity index (χ0v) is 18.6. The highest BCUT2D eigenvalue weighted by atomic mass is 35.5. The maximum atomic E-state index is 13.0. The van der Waals surface area contributed by atoms with Gasteiger partial charge in [-0.25, -0.2) is 0 Å². The van der Waals surface area contributed by atoms with Crippen LogP contribution in [0.15, 0.2) is 36.4 Å². The molecule has 2 aromatic rings. The second-order valence-corrected chi connectivity index (χ2v) is 7.66. The SMILES string of the molecule is CC[C@H](C(=O)NC)N(Cc1ccc(Cl)cc1)C(=O)COc1cc(C)c(Cl)c(C)c1. The molecule has 2 rings (SSSR count). The molecule has 0 saturated heterocycles. The van der Waals surface area contributed by atoms with Gasteiger partial charge in [0.2, 0.25) is 5.91 Å². The second kappa shape index (κ2) is 10.5. The molecule has 7 heteroatoms. The van der Waals surface area contributed by atoms with Crippen molar-refractivity contribution in [1.82, 2.24) is 10.2 Å². The topological polar surface area (TPSA) is 58.6 Å². The fraction of sp³-hybridized carbons (Fsp3) is 0.364. The Morgan fingerprint density at radius 2 is 1.69 bits per heavy atom. The van der Waals surface area contributed by atoms with Crippen molar-refractivity contribution in [2.45, 2.75) is 39.8 Å². The van der Waals surface area contributed by atoms with Gasteiger partial charge in [-0.2, -0.15) is 0 Å². The molecule has 0 saturated carbocycles. The molecule has 0 aromatic heterocycles. The summed E-state index contributed by atoms with van der Waals surface area (Å²) >= 11 is 12.1. The van der Waals surface area contributed by atoms with Crippen molar-refractivity contribution in [3.63, 3.8) is 0 Å². The van der Waals surface area contributed by atoms with Gasteiger partial charge in [-0.3, -0.25) is 9.59 Å². The molecule has 0 fully saturated rings. The van der Waals surface area contributed by atoms with Crippen LogP contribution in [-0.2, 0) is 16.1 Å².